The van der Waals surface area contributed by atoms with E-state index in [2.05, 4.69) is 27.5 Å². The van der Waals surface area contributed by atoms with Gasteiger partial charge in [0.25, 0.3) is 5.39 Å². The van der Waals surface area contributed by atoms with Crippen LogP contribution in [0.3, 0.4) is 0 Å². The summed E-state index contributed by atoms with van der Waals surface area (Å²) in [5, 5.41) is 11.2. The Kier molecular flexibility index (Phi) is 6.17. The first kappa shape index (κ1) is 16.2. The molecule has 2 rings (SSSR count). The predicted molar refractivity (Wildman–Crippen MR) is 75.4 cm³/mol. The molecular weight excluding hydrogens is 284 g/mol. The van der Waals surface area contributed by atoms with Crippen LogP contribution < -0.4 is 10.3 Å². The highest BCUT2D eigenvalue weighted by Crippen LogP contribution is 2.21. The highest BCUT2D eigenvalue weighted by Gasteiger charge is 2.10. The average molecular weight is 301 g/mol. The summed E-state index contributed by atoms with van der Waals surface area (Å²) in [6.07, 6.45) is 3.91. The molecule has 0 amide bonds. The fraction of sp³-hybridized carbons (Fsp3) is 0.455. The maximum Gasteiger partial charge on any atom is 0.394 e. The molecule has 3 N–H and O–H groups in total. The van der Waals surface area contributed by atoms with Crippen LogP contribution in [0.4, 0.5) is 11.4 Å². The maximum absolute atomic E-state index is 8.74. The third-order valence-corrected chi connectivity index (χ3v) is 2.77. The molecule has 0 spiro atoms. The summed E-state index contributed by atoms with van der Waals surface area (Å²) in [7, 11) is -4.67. The largest absolute Gasteiger partial charge is 0.394 e. The standard InChI is InChI=1S/C11H15N4.H2O4S/c12-14-13-10-4-6-11(7-5-10)15-8-2-1-3-9-15;1-5(2,3)4/h4-7,13H,1-3,8-9H2;(H2,1,2,3,4)/q+1;. The Hall–Kier alpha value is -1.89. The van der Waals surface area contributed by atoms with Gasteiger partial charge in [-0.2, -0.15) is 8.42 Å². The van der Waals surface area contributed by atoms with Gasteiger partial charge in [0.2, 0.25) is 0 Å². The van der Waals surface area contributed by atoms with Gasteiger partial charge < -0.3 is 4.90 Å². The van der Waals surface area contributed by atoms with E-state index < -0.39 is 10.4 Å². The number of anilines is 2. The lowest BCUT2D eigenvalue weighted by Gasteiger charge is -2.28. The van der Waals surface area contributed by atoms with Gasteiger partial charge in [0.05, 0.1) is 0 Å². The molecular formula is C11H17N4O4S+. The van der Waals surface area contributed by atoms with Gasteiger partial charge in [-0.25, -0.2) is 0 Å². The molecule has 8 nitrogen and oxygen atoms in total. The molecule has 0 bridgehead atoms. The first-order valence-corrected chi connectivity index (χ1v) is 7.45. The lowest BCUT2D eigenvalue weighted by Crippen LogP contribution is -2.29. The molecule has 20 heavy (non-hydrogen) atoms. The van der Waals surface area contributed by atoms with Crippen LogP contribution >= 0.6 is 0 Å². The number of hydrogen-bond donors (Lipinski definition) is 3. The monoisotopic (exact) mass is 301 g/mol. The minimum absolute atomic E-state index is 0.804. The number of hydrogen-bond acceptors (Lipinski definition) is 5. The Morgan fingerprint density at radius 3 is 2.05 bits per heavy atom. The van der Waals surface area contributed by atoms with Gasteiger partial charge in [-0.1, -0.05) is 0 Å². The van der Waals surface area contributed by atoms with E-state index in [1.54, 1.807) is 0 Å². The number of diazo groups is 1. The van der Waals surface area contributed by atoms with E-state index in [1.807, 2.05) is 12.1 Å². The van der Waals surface area contributed by atoms with Gasteiger partial charge in [-0.05, 0) is 49.0 Å². The Labute approximate surface area is 117 Å². The lowest BCUT2D eigenvalue weighted by atomic mass is 10.1. The van der Waals surface area contributed by atoms with Crippen LogP contribution in [0.15, 0.2) is 24.3 Å². The van der Waals surface area contributed by atoms with E-state index in [9.17, 15) is 0 Å². The molecule has 0 aliphatic carbocycles. The van der Waals surface area contributed by atoms with Crippen LogP contribution in [0.1, 0.15) is 19.3 Å². The molecule has 1 aromatic rings. The van der Waals surface area contributed by atoms with E-state index in [1.165, 1.54) is 24.9 Å². The second-order valence-corrected chi connectivity index (χ2v) is 5.15. The van der Waals surface area contributed by atoms with Crippen molar-refractivity contribution in [3.63, 3.8) is 0 Å². The smallest absolute Gasteiger partial charge is 0.372 e. The zero-order chi connectivity index (χ0) is 15.0. The van der Waals surface area contributed by atoms with Gasteiger partial charge in [0.1, 0.15) is 5.69 Å². The normalized spacial score (nSPS) is 14.8. The van der Waals surface area contributed by atoms with E-state index in [-0.39, 0.29) is 0 Å². The topological polar surface area (TPSA) is 118 Å². The quantitative estimate of drug-likeness (QED) is 0.435. The first-order chi connectivity index (χ1) is 9.40. The molecule has 1 heterocycles. The minimum Gasteiger partial charge on any atom is -0.372 e. The van der Waals surface area contributed by atoms with E-state index in [0.29, 0.717) is 0 Å². The predicted octanol–water partition coefficient (Wildman–Crippen LogP) is 2.20. The van der Waals surface area contributed by atoms with Crippen LogP contribution in [0.25, 0.3) is 5.08 Å². The van der Waals surface area contributed by atoms with E-state index in [4.69, 9.17) is 22.9 Å². The fourth-order valence-corrected chi connectivity index (χ4v) is 1.96. The lowest BCUT2D eigenvalue weighted by molar-refractivity contribution is 0.381. The summed E-state index contributed by atoms with van der Waals surface area (Å²) in [6, 6.07) is 7.95. The van der Waals surface area contributed by atoms with E-state index in [0.717, 1.165) is 18.8 Å². The van der Waals surface area contributed by atoms with Crippen LogP contribution in [0.2, 0.25) is 0 Å². The molecule has 1 saturated heterocycles. The molecule has 1 fully saturated rings. The zero-order valence-electron chi connectivity index (χ0n) is 10.8. The Bertz CT molecular complexity index is 539. The van der Waals surface area contributed by atoms with Crippen LogP contribution in [-0.4, -0.2) is 30.6 Å². The molecule has 1 aliphatic rings. The Morgan fingerprint density at radius 2 is 1.60 bits per heavy atom. The van der Waals surface area contributed by atoms with Gasteiger partial charge in [-0.3, -0.25) is 9.11 Å². The summed E-state index contributed by atoms with van der Waals surface area (Å²) in [4.78, 5) is 2.39. The van der Waals surface area contributed by atoms with Crippen molar-refractivity contribution in [2.45, 2.75) is 19.3 Å². The zero-order valence-corrected chi connectivity index (χ0v) is 11.6. The van der Waals surface area contributed by atoms with Gasteiger partial charge in [-0.15, -0.1) is 0 Å². The van der Waals surface area contributed by atoms with Crippen molar-refractivity contribution in [3.05, 3.63) is 29.4 Å². The Balaban J connectivity index is 0.000000347. The number of piperidine rings is 1. The third kappa shape index (κ3) is 6.89. The van der Waals surface area contributed by atoms with Crippen LogP contribution in [0.5, 0.6) is 0 Å². The highest BCUT2D eigenvalue weighted by atomic mass is 32.3. The highest BCUT2D eigenvalue weighted by molar-refractivity contribution is 7.79. The summed E-state index contributed by atoms with van der Waals surface area (Å²) in [5.74, 6) is 0. The number of nitrogens with one attached hydrogen (secondary N) is 1. The Morgan fingerprint density at radius 1 is 1.10 bits per heavy atom. The van der Waals surface area contributed by atoms with Crippen LogP contribution in [-0.2, 0) is 10.4 Å². The molecule has 1 aliphatic heterocycles. The second-order valence-electron chi connectivity index (χ2n) is 4.25. The number of benzene rings is 1. The molecule has 0 saturated carbocycles. The van der Waals surface area contributed by atoms with Gasteiger partial charge in [0.15, 0.2) is 0 Å². The van der Waals surface area contributed by atoms with E-state index >= 15 is 0 Å². The van der Waals surface area contributed by atoms with Crippen molar-refractivity contribution < 1.29 is 17.5 Å². The summed E-state index contributed by atoms with van der Waals surface area (Å²) < 4.78 is 31.6. The van der Waals surface area contributed by atoms with Crippen molar-refractivity contribution in [2.75, 3.05) is 23.4 Å². The van der Waals surface area contributed by atoms with Crippen molar-refractivity contribution in [2.24, 2.45) is 0 Å². The number of nitrogens with zero attached hydrogens (tertiary/aromatic N) is 3. The maximum atomic E-state index is 8.74. The second kappa shape index (κ2) is 7.64. The summed E-state index contributed by atoms with van der Waals surface area (Å²) >= 11 is 0. The molecule has 9 heteroatoms. The van der Waals surface area contributed by atoms with Crippen molar-refractivity contribution in [1.29, 1.82) is 5.39 Å². The summed E-state index contributed by atoms with van der Waals surface area (Å²) in [5.41, 5.74) is 4.55. The average Bonchev–Trinajstić information content (AvgIpc) is 2.39. The van der Waals surface area contributed by atoms with Gasteiger partial charge >= 0.3 is 15.5 Å². The molecule has 1 aromatic carbocycles. The van der Waals surface area contributed by atoms with Crippen molar-refractivity contribution >= 4 is 21.8 Å². The van der Waals surface area contributed by atoms with Crippen molar-refractivity contribution in [3.8, 4) is 0 Å². The molecule has 110 valence electrons. The fourth-order valence-electron chi connectivity index (χ4n) is 1.96. The molecule has 0 unspecified atom stereocenters. The van der Waals surface area contributed by atoms with Crippen LogP contribution in [0, 0.1) is 5.39 Å². The molecule has 0 radical (unpaired) electrons. The number of rotatable bonds is 2. The first-order valence-electron chi connectivity index (χ1n) is 6.05. The van der Waals surface area contributed by atoms with Crippen molar-refractivity contribution in [1.82, 2.24) is 0 Å². The SMILES string of the molecule is N#[N+]Nc1ccc(N2CCCCC2)cc1.O=S(=O)(O)O. The molecule has 0 aromatic heterocycles. The summed E-state index contributed by atoms with van der Waals surface area (Å²) in [6.45, 7) is 2.30. The minimum atomic E-state index is -4.67. The molecule has 0 atom stereocenters. The van der Waals surface area contributed by atoms with Gasteiger partial charge in [0, 0.05) is 18.8 Å². The third-order valence-electron chi connectivity index (χ3n) is 2.77.